The summed E-state index contributed by atoms with van der Waals surface area (Å²) < 4.78 is 31.0. The molecule has 8 nitrogen and oxygen atoms in total. The summed E-state index contributed by atoms with van der Waals surface area (Å²) in [5.74, 6) is -2.08. The maximum atomic E-state index is 11.9. The lowest BCUT2D eigenvalue weighted by Gasteiger charge is -2.26. The molecule has 1 saturated carbocycles. The summed E-state index contributed by atoms with van der Waals surface area (Å²) in [6.45, 7) is 1.86. The van der Waals surface area contributed by atoms with Crippen molar-refractivity contribution in [3.05, 3.63) is 0 Å². The summed E-state index contributed by atoms with van der Waals surface area (Å²) in [6, 6.07) is -0.125. The van der Waals surface area contributed by atoms with Gasteiger partial charge in [-0.15, -0.1) is 0 Å². The van der Waals surface area contributed by atoms with Crippen molar-refractivity contribution < 1.29 is 27.9 Å². The highest BCUT2D eigenvalue weighted by Crippen LogP contribution is 2.23. The first-order chi connectivity index (χ1) is 10.2. The molecule has 1 amide bonds. The van der Waals surface area contributed by atoms with Gasteiger partial charge in [0.25, 0.3) is 0 Å². The summed E-state index contributed by atoms with van der Waals surface area (Å²) >= 11 is 0. The van der Waals surface area contributed by atoms with Crippen LogP contribution in [-0.4, -0.2) is 57.0 Å². The number of aliphatic carboxylic acids is 1. The van der Waals surface area contributed by atoms with Crippen LogP contribution in [0, 0.1) is 5.92 Å². The van der Waals surface area contributed by atoms with Crippen LogP contribution in [-0.2, 0) is 24.3 Å². The number of carboxylic acids is 1. The third kappa shape index (κ3) is 6.71. The maximum absolute atomic E-state index is 11.9. The van der Waals surface area contributed by atoms with Gasteiger partial charge in [0.1, 0.15) is 5.75 Å². The molecule has 1 fully saturated rings. The predicted octanol–water partition coefficient (Wildman–Crippen LogP) is -0.300. The second-order valence-corrected chi connectivity index (χ2v) is 7.45. The van der Waals surface area contributed by atoms with E-state index in [9.17, 15) is 18.0 Å². The van der Waals surface area contributed by atoms with Gasteiger partial charge < -0.3 is 15.2 Å². The topological polar surface area (TPSA) is 122 Å². The Kier molecular flexibility index (Phi) is 7.24. The first-order valence-electron chi connectivity index (χ1n) is 7.25. The summed E-state index contributed by atoms with van der Waals surface area (Å²) in [5, 5.41) is 11.0. The monoisotopic (exact) mass is 336 g/mol. The smallest absolute Gasteiger partial charge is 0.334 e. The number of rotatable bonds is 8. The molecular weight excluding hydrogens is 312 g/mol. The van der Waals surface area contributed by atoms with Crippen LogP contribution in [0.15, 0.2) is 0 Å². The second kappa shape index (κ2) is 8.44. The molecule has 1 atom stereocenters. The molecule has 1 rings (SSSR count). The van der Waals surface area contributed by atoms with Gasteiger partial charge in [-0.05, 0) is 31.6 Å². The predicted molar refractivity (Wildman–Crippen MR) is 79.8 cm³/mol. The van der Waals surface area contributed by atoms with Gasteiger partial charge in [0.15, 0.2) is 6.10 Å². The quantitative estimate of drug-likeness (QED) is 0.559. The minimum atomic E-state index is -3.72. The van der Waals surface area contributed by atoms with Crippen molar-refractivity contribution in [3.8, 4) is 0 Å². The van der Waals surface area contributed by atoms with Crippen LogP contribution in [0.4, 0.5) is 0 Å². The summed E-state index contributed by atoms with van der Waals surface area (Å²) in [4.78, 5) is 22.3. The first-order valence-corrected chi connectivity index (χ1v) is 8.91. The number of sulfonamides is 1. The van der Waals surface area contributed by atoms with E-state index >= 15 is 0 Å². The summed E-state index contributed by atoms with van der Waals surface area (Å²) in [6.07, 6.45) is 2.28. The second-order valence-electron chi connectivity index (χ2n) is 5.70. The molecule has 0 aromatic carbocycles. The van der Waals surface area contributed by atoms with E-state index in [2.05, 4.69) is 21.7 Å². The van der Waals surface area contributed by atoms with Crippen molar-refractivity contribution >= 4 is 21.9 Å². The molecule has 3 N–H and O–H groups in total. The Labute approximate surface area is 130 Å². The minimum absolute atomic E-state index is 0.125. The van der Waals surface area contributed by atoms with E-state index in [-0.39, 0.29) is 12.6 Å². The van der Waals surface area contributed by atoms with Crippen molar-refractivity contribution in [2.45, 2.75) is 44.8 Å². The van der Waals surface area contributed by atoms with Crippen molar-refractivity contribution in [1.82, 2.24) is 10.0 Å². The van der Waals surface area contributed by atoms with E-state index in [1.807, 2.05) is 0 Å². The van der Waals surface area contributed by atoms with E-state index in [0.29, 0.717) is 5.92 Å². The minimum Gasteiger partial charge on any atom is -0.479 e. The van der Waals surface area contributed by atoms with Crippen LogP contribution in [0.25, 0.3) is 0 Å². The Morgan fingerprint density at radius 1 is 1.27 bits per heavy atom. The highest BCUT2D eigenvalue weighted by Gasteiger charge is 2.25. The van der Waals surface area contributed by atoms with Gasteiger partial charge in [0.05, 0.1) is 6.54 Å². The van der Waals surface area contributed by atoms with Crippen molar-refractivity contribution in [2.24, 2.45) is 5.92 Å². The van der Waals surface area contributed by atoms with E-state index in [4.69, 9.17) is 5.11 Å². The molecule has 0 heterocycles. The molecule has 0 aromatic heterocycles. The van der Waals surface area contributed by atoms with Crippen molar-refractivity contribution in [1.29, 1.82) is 0 Å². The largest absolute Gasteiger partial charge is 0.479 e. The number of amides is 1. The number of carbonyl (C=O) groups is 2. The molecular formula is C13H24N2O6S. The number of carbonyl (C=O) groups excluding carboxylic acids is 1. The van der Waals surface area contributed by atoms with Crippen LogP contribution in [0.2, 0.25) is 0 Å². The summed E-state index contributed by atoms with van der Waals surface area (Å²) in [5.41, 5.74) is 0. The van der Waals surface area contributed by atoms with E-state index < -0.39 is 33.8 Å². The van der Waals surface area contributed by atoms with Gasteiger partial charge in [-0.3, -0.25) is 4.79 Å². The third-order valence-corrected chi connectivity index (χ3v) is 5.06. The Bertz CT molecular complexity index is 485. The molecule has 0 radical (unpaired) electrons. The molecule has 0 saturated heterocycles. The number of hydrogen-bond acceptors (Lipinski definition) is 5. The van der Waals surface area contributed by atoms with Crippen LogP contribution < -0.4 is 10.0 Å². The average molecular weight is 336 g/mol. The Balaban J connectivity index is 2.40. The first kappa shape index (κ1) is 18.9. The van der Waals surface area contributed by atoms with Crippen LogP contribution >= 0.6 is 0 Å². The lowest BCUT2D eigenvalue weighted by atomic mass is 9.88. The third-order valence-electron chi connectivity index (χ3n) is 3.73. The number of ether oxygens (including phenoxy) is 1. The zero-order chi connectivity index (χ0) is 16.8. The molecule has 128 valence electrons. The van der Waals surface area contributed by atoms with E-state index in [0.717, 1.165) is 25.7 Å². The van der Waals surface area contributed by atoms with Crippen molar-refractivity contribution in [2.75, 3.05) is 19.4 Å². The lowest BCUT2D eigenvalue weighted by Crippen LogP contribution is -2.44. The number of hydrogen-bond donors (Lipinski definition) is 3. The SMILES string of the molecule is COC(CNC(=O)CS(=O)(=O)NC1CCC(C)CC1)C(=O)O. The summed E-state index contributed by atoms with van der Waals surface area (Å²) in [7, 11) is -2.52. The zero-order valence-corrected chi connectivity index (χ0v) is 13.7. The van der Waals surface area contributed by atoms with Gasteiger partial charge in [-0.1, -0.05) is 6.92 Å². The van der Waals surface area contributed by atoms with Gasteiger partial charge in [0, 0.05) is 13.2 Å². The van der Waals surface area contributed by atoms with Gasteiger partial charge >= 0.3 is 5.97 Å². The molecule has 0 aliphatic heterocycles. The van der Waals surface area contributed by atoms with E-state index in [1.54, 1.807) is 0 Å². The fraction of sp³-hybridized carbons (Fsp3) is 0.846. The standard InChI is InChI=1S/C13H24N2O6S/c1-9-3-5-10(6-4-9)15-22(19,20)8-12(16)14-7-11(21-2)13(17)18/h9-11,15H,3-8H2,1-2H3,(H,14,16)(H,17,18). The van der Waals surface area contributed by atoms with Crippen LogP contribution in [0.1, 0.15) is 32.6 Å². The number of nitrogens with one attached hydrogen (secondary N) is 2. The molecule has 1 unspecified atom stereocenters. The fourth-order valence-corrected chi connectivity index (χ4v) is 3.65. The fourth-order valence-electron chi connectivity index (χ4n) is 2.38. The molecule has 9 heteroatoms. The highest BCUT2D eigenvalue weighted by atomic mass is 32.2. The normalized spacial score (nSPS) is 23.7. The van der Waals surface area contributed by atoms with Gasteiger partial charge in [-0.25, -0.2) is 17.9 Å². The number of methoxy groups -OCH3 is 1. The highest BCUT2D eigenvalue weighted by molar-refractivity contribution is 7.90. The molecule has 22 heavy (non-hydrogen) atoms. The maximum Gasteiger partial charge on any atom is 0.334 e. The Morgan fingerprint density at radius 3 is 2.36 bits per heavy atom. The molecule has 0 aromatic rings. The number of carboxylic acid groups (broad SMARTS) is 1. The van der Waals surface area contributed by atoms with Crippen LogP contribution in [0.3, 0.4) is 0 Å². The zero-order valence-electron chi connectivity index (χ0n) is 12.9. The van der Waals surface area contributed by atoms with Crippen molar-refractivity contribution in [3.63, 3.8) is 0 Å². The van der Waals surface area contributed by atoms with Gasteiger partial charge in [-0.2, -0.15) is 0 Å². The van der Waals surface area contributed by atoms with Gasteiger partial charge in [0.2, 0.25) is 15.9 Å². The Morgan fingerprint density at radius 2 is 1.86 bits per heavy atom. The van der Waals surface area contributed by atoms with E-state index in [1.165, 1.54) is 7.11 Å². The van der Waals surface area contributed by atoms with Crippen LogP contribution in [0.5, 0.6) is 0 Å². The molecule has 0 bridgehead atoms. The molecule has 1 aliphatic rings. The molecule has 0 spiro atoms. The lowest BCUT2D eigenvalue weighted by molar-refractivity contribution is -0.148. The molecule has 1 aliphatic carbocycles. The Hall–Kier alpha value is -1.19. The average Bonchev–Trinajstić information content (AvgIpc) is 2.40.